The molecule has 0 spiro atoms. The minimum absolute atomic E-state index is 0.0204. The quantitative estimate of drug-likeness (QED) is 0.367. The van der Waals surface area contributed by atoms with Gasteiger partial charge in [-0.2, -0.15) is 0 Å². The molecule has 4 nitrogen and oxygen atoms in total. The average Bonchev–Trinajstić information content (AvgIpc) is 2.76. The highest BCUT2D eigenvalue weighted by Crippen LogP contribution is 2.28. The van der Waals surface area contributed by atoms with Gasteiger partial charge >= 0.3 is 0 Å². The number of carbonyl (C=O) groups is 2. The molecule has 2 aromatic rings. The first kappa shape index (κ1) is 26.8. The van der Waals surface area contributed by atoms with E-state index in [2.05, 4.69) is 5.32 Å². The van der Waals surface area contributed by atoms with Crippen molar-refractivity contribution in [3.63, 3.8) is 0 Å². The third-order valence-corrected chi connectivity index (χ3v) is 7.26. The monoisotopic (exact) mass is 514 g/mol. The van der Waals surface area contributed by atoms with Gasteiger partial charge in [-0.15, -0.1) is 11.8 Å². The van der Waals surface area contributed by atoms with Crippen molar-refractivity contribution in [1.29, 1.82) is 0 Å². The summed E-state index contributed by atoms with van der Waals surface area (Å²) >= 11 is 20.4. The SMILES string of the molecule is CC[C@@H](C)NC(=O)[C@H](CC)N(Cc1c(Cl)cccc1Cl)C(=O)CSCc1ccccc1Cl. The lowest BCUT2D eigenvalue weighted by Gasteiger charge is -2.32. The van der Waals surface area contributed by atoms with Crippen LogP contribution in [0.2, 0.25) is 15.1 Å². The molecular formula is C24H29Cl3N2O2S. The topological polar surface area (TPSA) is 49.4 Å². The molecule has 1 N–H and O–H groups in total. The average molecular weight is 516 g/mol. The molecule has 2 rings (SSSR count). The van der Waals surface area contributed by atoms with E-state index in [0.29, 0.717) is 32.8 Å². The summed E-state index contributed by atoms with van der Waals surface area (Å²) in [5, 5.41) is 4.61. The number of amides is 2. The van der Waals surface area contributed by atoms with Gasteiger partial charge in [-0.3, -0.25) is 9.59 Å². The lowest BCUT2D eigenvalue weighted by atomic mass is 10.1. The molecule has 0 saturated heterocycles. The third-order valence-electron chi connectivity index (χ3n) is 5.22. The number of thioether (sulfide) groups is 1. The van der Waals surface area contributed by atoms with E-state index in [1.807, 2.05) is 45.0 Å². The van der Waals surface area contributed by atoms with Gasteiger partial charge in [0.2, 0.25) is 11.8 Å². The van der Waals surface area contributed by atoms with E-state index in [-0.39, 0.29) is 30.2 Å². The Kier molecular flexibility index (Phi) is 11.2. The van der Waals surface area contributed by atoms with Crippen molar-refractivity contribution in [3.05, 3.63) is 68.7 Å². The predicted octanol–water partition coefficient (Wildman–Crippen LogP) is 6.60. The normalized spacial score (nSPS) is 12.8. The van der Waals surface area contributed by atoms with Gasteiger partial charge in [-0.05, 0) is 43.5 Å². The Morgan fingerprint density at radius 2 is 1.59 bits per heavy atom. The Morgan fingerprint density at radius 1 is 0.969 bits per heavy atom. The fourth-order valence-electron chi connectivity index (χ4n) is 3.16. The van der Waals surface area contributed by atoms with Crippen LogP contribution in [-0.4, -0.2) is 34.6 Å². The molecule has 0 aliphatic heterocycles. The van der Waals surface area contributed by atoms with Crippen LogP contribution in [0.15, 0.2) is 42.5 Å². The summed E-state index contributed by atoms with van der Waals surface area (Å²) in [5.74, 6) is 0.487. The Balaban J connectivity index is 2.22. The Bertz CT molecular complexity index is 906. The molecule has 0 saturated carbocycles. The smallest absolute Gasteiger partial charge is 0.243 e. The highest BCUT2D eigenvalue weighted by Gasteiger charge is 2.30. The molecule has 2 atom stereocenters. The summed E-state index contributed by atoms with van der Waals surface area (Å²) in [5.41, 5.74) is 1.60. The van der Waals surface area contributed by atoms with Gasteiger partial charge in [0.05, 0.1) is 5.75 Å². The highest BCUT2D eigenvalue weighted by molar-refractivity contribution is 7.99. The molecule has 0 aliphatic rings. The van der Waals surface area contributed by atoms with E-state index in [4.69, 9.17) is 34.8 Å². The van der Waals surface area contributed by atoms with Crippen molar-refractivity contribution in [2.24, 2.45) is 0 Å². The van der Waals surface area contributed by atoms with Crippen LogP contribution in [0.4, 0.5) is 0 Å². The van der Waals surface area contributed by atoms with Gasteiger partial charge in [0, 0.05) is 39.0 Å². The number of nitrogens with zero attached hydrogens (tertiary/aromatic N) is 1. The summed E-state index contributed by atoms with van der Waals surface area (Å²) in [7, 11) is 0. The Morgan fingerprint density at radius 3 is 2.19 bits per heavy atom. The number of rotatable bonds is 11. The maximum atomic E-state index is 13.3. The number of benzene rings is 2. The molecule has 0 unspecified atom stereocenters. The zero-order chi connectivity index (χ0) is 23.7. The molecule has 8 heteroatoms. The van der Waals surface area contributed by atoms with Gasteiger partial charge in [0.15, 0.2) is 0 Å². The molecule has 32 heavy (non-hydrogen) atoms. The van der Waals surface area contributed by atoms with Gasteiger partial charge in [0.1, 0.15) is 6.04 Å². The van der Waals surface area contributed by atoms with Crippen molar-refractivity contribution >= 4 is 58.4 Å². The third kappa shape index (κ3) is 7.58. The van der Waals surface area contributed by atoms with Crippen LogP contribution in [0.5, 0.6) is 0 Å². The van der Waals surface area contributed by atoms with Gasteiger partial charge < -0.3 is 10.2 Å². The minimum atomic E-state index is -0.621. The highest BCUT2D eigenvalue weighted by atomic mass is 35.5. The molecule has 2 amide bonds. The van der Waals surface area contributed by atoms with Crippen molar-refractivity contribution in [1.82, 2.24) is 10.2 Å². The van der Waals surface area contributed by atoms with Gasteiger partial charge in [-0.25, -0.2) is 0 Å². The first-order valence-electron chi connectivity index (χ1n) is 10.6. The van der Waals surface area contributed by atoms with Crippen LogP contribution in [0.25, 0.3) is 0 Å². The number of halogens is 3. The Hall–Kier alpha value is -1.40. The summed E-state index contributed by atoms with van der Waals surface area (Å²) in [4.78, 5) is 27.9. The van der Waals surface area contributed by atoms with Crippen molar-refractivity contribution < 1.29 is 9.59 Å². The molecule has 0 radical (unpaired) electrons. The predicted molar refractivity (Wildman–Crippen MR) is 137 cm³/mol. The van der Waals surface area contributed by atoms with E-state index >= 15 is 0 Å². The molecule has 0 fully saturated rings. The molecular weight excluding hydrogens is 487 g/mol. The number of carbonyl (C=O) groups excluding carboxylic acids is 2. The number of hydrogen-bond acceptors (Lipinski definition) is 3. The van der Waals surface area contributed by atoms with E-state index in [1.54, 1.807) is 23.1 Å². The van der Waals surface area contributed by atoms with E-state index < -0.39 is 6.04 Å². The van der Waals surface area contributed by atoms with Crippen LogP contribution in [0.3, 0.4) is 0 Å². The fraction of sp³-hybridized carbons (Fsp3) is 0.417. The zero-order valence-corrected chi connectivity index (χ0v) is 21.6. The van der Waals surface area contributed by atoms with Gasteiger partial charge in [0.25, 0.3) is 0 Å². The number of hydrogen-bond donors (Lipinski definition) is 1. The minimum Gasteiger partial charge on any atom is -0.352 e. The van der Waals surface area contributed by atoms with Crippen molar-refractivity contribution in [3.8, 4) is 0 Å². The second-order valence-electron chi connectivity index (χ2n) is 7.55. The molecule has 0 bridgehead atoms. The first-order chi connectivity index (χ1) is 15.3. The zero-order valence-electron chi connectivity index (χ0n) is 18.5. The maximum Gasteiger partial charge on any atom is 0.243 e. The molecule has 0 aliphatic carbocycles. The van der Waals surface area contributed by atoms with Crippen molar-refractivity contribution in [2.45, 2.75) is 58.0 Å². The lowest BCUT2D eigenvalue weighted by Crippen LogP contribution is -2.51. The fourth-order valence-corrected chi connectivity index (χ4v) is 4.87. The van der Waals surface area contributed by atoms with Crippen LogP contribution < -0.4 is 5.32 Å². The van der Waals surface area contributed by atoms with E-state index in [9.17, 15) is 9.59 Å². The molecule has 2 aromatic carbocycles. The van der Waals surface area contributed by atoms with Crippen LogP contribution in [0.1, 0.15) is 44.7 Å². The maximum absolute atomic E-state index is 13.3. The molecule has 0 heterocycles. The summed E-state index contributed by atoms with van der Waals surface area (Å²) < 4.78 is 0. The lowest BCUT2D eigenvalue weighted by molar-refractivity contribution is -0.139. The largest absolute Gasteiger partial charge is 0.352 e. The van der Waals surface area contributed by atoms with E-state index in [0.717, 1.165) is 12.0 Å². The van der Waals surface area contributed by atoms with Crippen LogP contribution >= 0.6 is 46.6 Å². The second kappa shape index (κ2) is 13.3. The standard InChI is InChI=1S/C24H29Cl3N2O2S/c1-4-16(3)28-24(31)22(5-2)29(13-18-20(26)11-8-12-21(18)27)23(30)15-32-14-17-9-6-7-10-19(17)25/h6-12,16,22H,4-5,13-15H2,1-3H3,(H,28,31)/t16-,22+/m1/s1. The molecule has 174 valence electrons. The second-order valence-corrected chi connectivity index (χ2v) is 9.76. The molecule has 0 aromatic heterocycles. The van der Waals surface area contributed by atoms with E-state index in [1.165, 1.54) is 11.8 Å². The summed E-state index contributed by atoms with van der Waals surface area (Å²) in [6.45, 7) is 6.01. The number of nitrogens with one attached hydrogen (secondary N) is 1. The van der Waals surface area contributed by atoms with Crippen LogP contribution in [-0.2, 0) is 21.9 Å². The van der Waals surface area contributed by atoms with Crippen LogP contribution in [0, 0.1) is 0 Å². The summed E-state index contributed by atoms with van der Waals surface area (Å²) in [6.07, 6.45) is 1.28. The first-order valence-corrected chi connectivity index (χ1v) is 12.9. The summed E-state index contributed by atoms with van der Waals surface area (Å²) in [6, 6.07) is 12.2. The van der Waals surface area contributed by atoms with Gasteiger partial charge in [-0.1, -0.05) is 72.9 Å². The van der Waals surface area contributed by atoms with Crippen molar-refractivity contribution in [2.75, 3.05) is 5.75 Å². The Labute approximate surface area is 210 Å².